The van der Waals surface area contributed by atoms with Crippen LogP contribution in [0.4, 0.5) is 0 Å². The first-order valence-electron chi connectivity index (χ1n) is 6.24. The van der Waals surface area contributed by atoms with E-state index in [4.69, 9.17) is 5.73 Å². The summed E-state index contributed by atoms with van der Waals surface area (Å²) < 4.78 is 0. The largest absolute Gasteiger partial charge is 0.347 e. The van der Waals surface area contributed by atoms with Gasteiger partial charge in [-0.2, -0.15) is 0 Å². The second kappa shape index (κ2) is 4.88. The highest BCUT2D eigenvalue weighted by atomic mass is 16.1. The quantitative estimate of drug-likeness (QED) is 0.839. The Kier molecular flexibility index (Phi) is 3.48. The van der Waals surface area contributed by atoms with Crippen molar-refractivity contribution >= 4 is 5.91 Å². The third kappa shape index (κ3) is 2.86. The Morgan fingerprint density at radius 1 is 1.41 bits per heavy atom. The average Bonchev–Trinajstić information content (AvgIpc) is 2.76. The fraction of sp³-hybridized carbons (Fsp3) is 0.500. The van der Waals surface area contributed by atoms with Crippen LogP contribution in [0.2, 0.25) is 0 Å². The number of carbonyl (C=O) groups is 1. The highest BCUT2D eigenvalue weighted by molar-refractivity contribution is 5.94. The van der Waals surface area contributed by atoms with Crippen LogP contribution < -0.4 is 11.1 Å². The number of amides is 1. The lowest BCUT2D eigenvalue weighted by molar-refractivity contribution is 0.0908. The summed E-state index contributed by atoms with van der Waals surface area (Å²) in [5.41, 5.74) is 7.26. The fourth-order valence-electron chi connectivity index (χ4n) is 2.47. The minimum Gasteiger partial charge on any atom is -0.347 e. The van der Waals surface area contributed by atoms with E-state index in [2.05, 4.69) is 12.2 Å². The first-order valence-corrected chi connectivity index (χ1v) is 6.24. The van der Waals surface area contributed by atoms with Crippen LogP contribution in [-0.2, 0) is 6.54 Å². The van der Waals surface area contributed by atoms with E-state index in [9.17, 15) is 4.79 Å². The summed E-state index contributed by atoms with van der Waals surface area (Å²) in [6.45, 7) is 2.60. The van der Waals surface area contributed by atoms with Crippen LogP contribution >= 0.6 is 0 Å². The zero-order valence-electron chi connectivity index (χ0n) is 10.3. The SMILES string of the molecule is CC1(NC(=O)c2cccc(CN)c2)CCCC1. The molecule has 3 N–H and O–H groups in total. The smallest absolute Gasteiger partial charge is 0.251 e. The van der Waals surface area contributed by atoms with E-state index in [1.807, 2.05) is 24.3 Å². The van der Waals surface area contributed by atoms with Gasteiger partial charge in [0.1, 0.15) is 0 Å². The second-order valence-corrected chi connectivity index (χ2v) is 5.13. The molecule has 1 fully saturated rings. The molecule has 3 nitrogen and oxygen atoms in total. The van der Waals surface area contributed by atoms with E-state index in [1.165, 1.54) is 12.8 Å². The molecule has 3 heteroatoms. The van der Waals surface area contributed by atoms with Gasteiger partial charge in [0.15, 0.2) is 0 Å². The van der Waals surface area contributed by atoms with Crippen molar-refractivity contribution in [3.63, 3.8) is 0 Å². The minimum atomic E-state index is -0.0181. The number of carbonyl (C=O) groups excluding carboxylic acids is 1. The lowest BCUT2D eigenvalue weighted by atomic mass is 9.99. The summed E-state index contributed by atoms with van der Waals surface area (Å²) in [7, 11) is 0. The molecule has 1 aliphatic rings. The number of nitrogens with two attached hydrogens (primary N) is 1. The van der Waals surface area contributed by atoms with Crippen molar-refractivity contribution in [1.29, 1.82) is 0 Å². The number of nitrogens with one attached hydrogen (secondary N) is 1. The van der Waals surface area contributed by atoms with Crippen molar-refractivity contribution in [2.45, 2.75) is 44.7 Å². The maximum absolute atomic E-state index is 12.1. The molecule has 0 aliphatic heterocycles. The molecule has 0 spiro atoms. The predicted octanol–water partition coefficient (Wildman–Crippen LogP) is 2.21. The normalized spacial score (nSPS) is 18.0. The molecular formula is C14H20N2O. The molecular weight excluding hydrogens is 212 g/mol. The predicted molar refractivity (Wildman–Crippen MR) is 68.7 cm³/mol. The van der Waals surface area contributed by atoms with E-state index in [1.54, 1.807) is 0 Å². The van der Waals surface area contributed by atoms with Crippen molar-refractivity contribution in [2.75, 3.05) is 0 Å². The number of hydrogen-bond acceptors (Lipinski definition) is 2. The van der Waals surface area contributed by atoms with Gasteiger partial charge in [-0.1, -0.05) is 25.0 Å². The van der Waals surface area contributed by atoms with Crippen molar-refractivity contribution in [1.82, 2.24) is 5.32 Å². The lowest BCUT2D eigenvalue weighted by Crippen LogP contribution is -2.43. The second-order valence-electron chi connectivity index (χ2n) is 5.13. The lowest BCUT2D eigenvalue weighted by Gasteiger charge is -2.25. The molecule has 1 aromatic rings. The molecule has 0 atom stereocenters. The maximum atomic E-state index is 12.1. The molecule has 92 valence electrons. The van der Waals surface area contributed by atoms with Crippen LogP contribution in [-0.4, -0.2) is 11.4 Å². The molecule has 0 bridgehead atoms. The number of hydrogen-bond donors (Lipinski definition) is 2. The van der Waals surface area contributed by atoms with Gasteiger partial charge < -0.3 is 11.1 Å². The molecule has 0 radical (unpaired) electrons. The Hall–Kier alpha value is -1.35. The molecule has 0 saturated heterocycles. The number of rotatable bonds is 3. The van der Waals surface area contributed by atoms with Crippen LogP contribution in [0.1, 0.15) is 48.5 Å². The molecule has 17 heavy (non-hydrogen) atoms. The van der Waals surface area contributed by atoms with E-state index in [0.717, 1.165) is 18.4 Å². The van der Waals surface area contributed by atoms with Crippen molar-refractivity contribution in [2.24, 2.45) is 5.73 Å². The summed E-state index contributed by atoms with van der Waals surface area (Å²) in [6, 6.07) is 7.53. The van der Waals surface area contributed by atoms with Gasteiger partial charge in [0.05, 0.1) is 0 Å². The van der Waals surface area contributed by atoms with E-state index in [0.29, 0.717) is 12.1 Å². The zero-order valence-corrected chi connectivity index (χ0v) is 10.3. The third-order valence-corrected chi connectivity index (χ3v) is 3.55. The van der Waals surface area contributed by atoms with Gasteiger partial charge in [-0.15, -0.1) is 0 Å². The van der Waals surface area contributed by atoms with Gasteiger partial charge >= 0.3 is 0 Å². The molecule has 0 heterocycles. The Morgan fingerprint density at radius 3 is 2.76 bits per heavy atom. The standard InChI is InChI=1S/C14H20N2O/c1-14(7-2-3-8-14)16-13(17)12-6-4-5-11(9-12)10-15/h4-6,9H,2-3,7-8,10,15H2,1H3,(H,16,17). The first kappa shape index (κ1) is 12.1. The molecule has 2 rings (SSSR count). The van der Waals surface area contributed by atoms with Crippen LogP contribution in [0.5, 0.6) is 0 Å². The molecule has 1 amide bonds. The van der Waals surface area contributed by atoms with Crippen molar-refractivity contribution in [3.05, 3.63) is 35.4 Å². The molecule has 0 aromatic heterocycles. The number of benzene rings is 1. The molecule has 1 aliphatic carbocycles. The van der Waals surface area contributed by atoms with Gasteiger partial charge in [-0.05, 0) is 37.5 Å². The van der Waals surface area contributed by atoms with E-state index in [-0.39, 0.29) is 11.4 Å². The van der Waals surface area contributed by atoms with Crippen LogP contribution in [0, 0.1) is 0 Å². The van der Waals surface area contributed by atoms with Crippen LogP contribution in [0.3, 0.4) is 0 Å². The Labute approximate surface area is 102 Å². The minimum absolute atomic E-state index is 0.0181. The summed E-state index contributed by atoms with van der Waals surface area (Å²) in [5, 5.41) is 3.14. The Balaban J connectivity index is 2.08. The summed E-state index contributed by atoms with van der Waals surface area (Å²) in [4.78, 5) is 12.1. The first-order chi connectivity index (χ1) is 8.13. The van der Waals surface area contributed by atoms with Crippen molar-refractivity contribution < 1.29 is 4.79 Å². The summed E-state index contributed by atoms with van der Waals surface area (Å²) in [6.07, 6.45) is 4.57. The Morgan fingerprint density at radius 2 is 2.12 bits per heavy atom. The van der Waals surface area contributed by atoms with Gasteiger partial charge in [0.25, 0.3) is 5.91 Å². The third-order valence-electron chi connectivity index (χ3n) is 3.55. The molecule has 0 unspecified atom stereocenters. The van der Waals surface area contributed by atoms with Crippen LogP contribution in [0.25, 0.3) is 0 Å². The van der Waals surface area contributed by atoms with E-state index < -0.39 is 0 Å². The molecule has 1 saturated carbocycles. The average molecular weight is 232 g/mol. The fourth-order valence-corrected chi connectivity index (χ4v) is 2.47. The molecule has 1 aromatic carbocycles. The topological polar surface area (TPSA) is 55.1 Å². The van der Waals surface area contributed by atoms with Gasteiger partial charge in [-0.25, -0.2) is 0 Å². The maximum Gasteiger partial charge on any atom is 0.251 e. The summed E-state index contributed by atoms with van der Waals surface area (Å²) in [5.74, 6) is 0.0182. The van der Waals surface area contributed by atoms with Crippen molar-refractivity contribution in [3.8, 4) is 0 Å². The van der Waals surface area contributed by atoms with Crippen LogP contribution in [0.15, 0.2) is 24.3 Å². The highest BCUT2D eigenvalue weighted by Gasteiger charge is 2.30. The Bertz CT molecular complexity index is 408. The van der Waals surface area contributed by atoms with Gasteiger partial charge in [-0.3, -0.25) is 4.79 Å². The highest BCUT2D eigenvalue weighted by Crippen LogP contribution is 2.29. The monoisotopic (exact) mass is 232 g/mol. The summed E-state index contributed by atoms with van der Waals surface area (Å²) >= 11 is 0. The van der Waals surface area contributed by atoms with Gasteiger partial charge in [0, 0.05) is 17.6 Å². The van der Waals surface area contributed by atoms with E-state index >= 15 is 0 Å². The van der Waals surface area contributed by atoms with Gasteiger partial charge in [0.2, 0.25) is 0 Å². The zero-order chi connectivity index (χ0) is 12.3.